The Labute approximate surface area is 108 Å². The van der Waals surface area contributed by atoms with Crippen LogP contribution in [0.5, 0.6) is 0 Å². The number of carbonyl (C=O) groups is 1. The van der Waals surface area contributed by atoms with Gasteiger partial charge in [-0.1, -0.05) is 11.3 Å². The Hall–Kier alpha value is -1.80. The molecule has 0 radical (unpaired) electrons. The van der Waals surface area contributed by atoms with Crippen molar-refractivity contribution in [2.24, 2.45) is 5.10 Å². The predicted molar refractivity (Wildman–Crippen MR) is 69.6 cm³/mol. The Morgan fingerprint density at radius 3 is 2.72 bits per heavy atom. The Balaban J connectivity index is 2.49. The topological polar surface area (TPSA) is 84.6 Å². The molecule has 18 heavy (non-hydrogen) atoms. The molecule has 0 aliphatic heterocycles. The maximum Gasteiger partial charge on any atom is 0.324 e. The van der Waals surface area contributed by atoms with Gasteiger partial charge in [0.2, 0.25) is 0 Å². The van der Waals surface area contributed by atoms with Crippen molar-refractivity contribution in [1.29, 1.82) is 0 Å². The molecule has 1 rings (SSSR count). The molecule has 1 heterocycles. The Bertz CT molecular complexity index is 476. The van der Waals surface area contributed by atoms with Crippen LogP contribution in [0.1, 0.15) is 4.88 Å². The third-order valence-corrected chi connectivity index (χ3v) is 2.76. The lowest BCUT2D eigenvalue weighted by Gasteiger charge is -2.21. The number of rotatable bonds is 5. The van der Waals surface area contributed by atoms with Crippen LogP contribution in [0.2, 0.25) is 0 Å². The number of nitrogens with zero attached hydrogens (tertiary/aromatic N) is 3. The summed E-state index contributed by atoms with van der Waals surface area (Å²) in [6.07, 6.45) is 1.39. The molecular formula is C10H15N4O3S+. The molecule has 0 unspecified atom stereocenters. The Morgan fingerprint density at radius 1 is 1.56 bits per heavy atom. The molecule has 0 aliphatic rings. The summed E-state index contributed by atoms with van der Waals surface area (Å²) in [5.41, 5.74) is 2.38. The van der Waals surface area contributed by atoms with Crippen LogP contribution in [0.4, 0.5) is 5.00 Å². The summed E-state index contributed by atoms with van der Waals surface area (Å²) >= 11 is 1.00. The van der Waals surface area contributed by atoms with E-state index in [0.29, 0.717) is 15.9 Å². The zero-order chi connectivity index (χ0) is 13.8. The Morgan fingerprint density at radius 2 is 2.22 bits per heavy atom. The van der Waals surface area contributed by atoms with Crippen LogP contribution in [-0.4, -0.2) is 49.2 Å². The highest BCUT2D eigenvalue weighted by Crippen LogP contribution is 2.22. The van der Waals surface area contributed by atoms with Gasteiger partial charge in [-0.15, -0.1) is 0 Å². The van der Waals surface area contributed by atoms with Crippen molar-refractivity contribution in [2.45, 2.75) is 0 Å². The van der Waals surface area contributed by atoms with Crippen LogP contribution in [0.25, 0.3) is 0 Å². The molecule has 0 saturated carbocycles. The van der Waals surface area contributed by atoms with E-state index in [1.54, 1.807) is 6.07 Å². The fraction of sp³-hybridized carbons (Fsp3) is 0.400. The quantitative estimate of drug-likeness (QED) is 0.372. The van der Waals surface area contributed by atoms with Gasteiger partial charge in [-0.25, -0.2) is 5.43 Å². The van der Waals surface area contributed by atoms with E-state index in [0.717, 1.165) is 11.3 Å². The summed E-state index contributed by atoms with van der Waals surface area (Å²) in [5.74, 6) is -0.204. The van der Waals surface area contributed by atoms with Gasteiger partial charge in [0.05, 0.1) is 37.2 Å². The highest BCUT2D eigenvalue weighted by molar-refractivity contribution is 7.16. The fourth-order valence-electron chi connectivity index (χ4n) is 1.14. The normalized spacial score (nSPS) is 11.7. The van der Waals surface area contributed by atoms with Crippen LogP contribution < -0.4 is 5.43 Å². The van der Waals surface area contributed by atoms with Crippen molar-refractivity contribution >= 4 is 28.5 Å². The molecule has 7 nitrogen and oxygen atoms in total. The number of hydrogen-bond donors (Lipinski definition) is 1. The molecule has 0 atom stereocenters. The average molecular weight is 271 g/mol. The molecule has 0 aromatic carbocycles. The van der Waals surface area contributed by atoms with Gasteiger partial charge in [-0.2, -0.15) is 5.10 Å². The first-order chi connectivity index (χ1) is 8.28. The van der Waals surface area contributed by atoms with Gasteiger partial charge in [0.1, 0.15) is 0 Å². The van der Waals surface area contributed by atoms with Crippen molar-refractivity contribution in [3.63, 3.8) is 0 Å². The van der Waals surface area contributed by atoms with Crippen molar-refractivity contribution in [1.82, 2.24) is 5.43 Å². The molecule has 1 amide bonds. The molecule has 8 heteroatoms. The molecule has 0 aliphatic carbocycles. The molecule has 0 spiro atoms. The second-order valence-electron chi connectivity index (χ2n) is 4.67. The summed E-state index contributed by atoms with van der Waals surface area (Å²) in [6.45, 7) is 0.307. The van der Waals surface area contributed by atoms with E-state index in [2.05, 4.69) is 10.5 Å². The van der Waals surface area contributed by atoms with Gasteiger partial charge >= 0.3 is 5.00 Å². The van der Waals surface area contributed by atoms with E-state index in [4.69, 9.17) is 0 Å². The smallest absolute Gasteiger partial charge is 0.323 e. The predicted octanol–water partition coefficient (Wildman–Crippen LogP) is 0.813. The van der Waals surface area contributed by atoms with Gasteiger partial charge in [-0.3, -0.25) is 14.9 Å². The number of nitro groups is 1. The second kappa shape index (κ2) is 5.69. The zero-order valence-electron chi connectivity index (χ0n) is 10.4. The van der Waals surface area contributed by atoms with Gasteiger partial charge in [0.15, 0.2) is 6.54 Å². The zero-order valence-corrected chi connectivity index (χ0v) is 11.2. The summed E-state index contributed by atoms with van der Waals surface area (Å²) in [4.78, 5) is 22.0. The Kier molecular flexibility index (Phi) is 4.51. The first kappa shape index (κ1) is 14.3. The van der Waals surface area contributed by atoms with Crippen LogP contribution >= 0.6 is 11.3 Å². The number of hydrazone groups is 1. The van der Waals surface area contributed by atoms with Crippen molar-refractivity contribution in [3.05, 3.63) is 27.1 Å². The van der Waals surface area contributed by atoms with Crippen LogP contribution in [0.3, 0.4) is 0 Å². The minimum atomic E-state index is -0.461. The van der Waals surface area contributed by atoms with Gasteiger partial charge in [0, 0.05) is 6.07 Å². The largest absolute Gasteiger partial charge is 0.324 e. The number of carbonyl (C=O) groups excluding carboxylic acids is 1. The lowest BCUT2D eigenvalue weighted by molar-refractivity contribution is -0.862. The number of amides is 1. The minimum Gasteiger partial charge on any atom is -0.323 e. The van der Waals surface area contributed by atoms with Crippen LogP contribution in [0.15, 0.2) is 17.2 Å². The minimum absolute atomic E-state index is 0.0501. The molecule has 1 aromatic heterocycles. The highest BCUT2D eigenvalue weighted by atomic mass is 32.1. The van der Waals surface area contributed by atoms with E-state index in [-0.39, 0.29) is 10.9 Å². The average Bonchev–Trinajstić information content (AvgIpc) is 2.63. The third kappa shape index (κ3) is 5.02. The molecule has 1 aromatic rings. The van der Waals surface area contributed by atoms with E-state index >= 15 is 0 Å². The van der Waals surface area contributed by atoms with Crippen LogP contribution in [0, 0.1) is 10.1 Å². The number of hydrogen-bond acceptors (Lipinski definition) is 5. The molecular weight excluding hydrogens is 256 g/mol. The number of thiophene rings is 1. The monoisotopic (exact) mass is 271 g/mol. The van der Waals surface area contributed by atoms with Gasteiger partial charge in [-0.05, 0) is 6.07 Å². The first-order valence-corrected chi connectivity index (χ1v) is 5.96. The van der Waals surface area contributed by atoms with Crippen molar-refractivity contribution in [2.75, 3.05) is 27.7 Å². The van der Waals surface area contributed by atoms with Crippen LogP contribution in [-0.2, 0) is 4.79 Å². The lowest BCUT2D eigenvalue weighted by atomic mass is 10.5. The summed E-state index contributed by atoms with van der Waals surface area (Å²) in [7, 11) is 5.68. The maximum absolute atomic E-state index is 11.4. The van der Waals surface area contributed by atoms with Crippen molar-refractivity contribution < 1.29 is 14.2 Å². The fourth-order valence-corrected chi connectivity index (χ4v) is 1.84. The standard InChI is InChI=1S/C10H14N4O3S/c1-14(2,3)7-9(15)12-11-6-8-4-5-10(18-8)13(16)17/h4-6H,7H2,1-3H3/p+1. The van der Waals surface area contributed by atoms with E-state index in [1.807, 2.05) is 21.1 Å². The molecule has 0 fully saturated rings. The van der Waals surface area contributed by atoms with E-state index in [1.165, 1.54) is 12.3 Å². The second-order valence-corrected chi connectivity index (χ2v) is 5.77. The lowest BCUT2D eigenvalue weighted by Crippen LogP contribution is -2.43. The summed E-state index contributed by atoms with van der Waals surface area (Å²) in [5, 5.41) is 14.3. The summed E-state index contributed by atoms with van der Waals surface area (Å²) < 4.78 is 0.506. The highest BCUT2D eigenvalue weighted by Gasteiger charge is 2.13. The van der Waals surface area contributed by atoms with Gasteiger partial charge in [0.25, 0.3) is 5.91 Å². The van der Waals surface area contributed by atoms with Gasteiger partial charge < -0.3 is 4.48 Å². The summed E-state index contributed by atoms with van der Waals surface area (Å²) in [6, 6.07) is 2.98. The maximum atomic E-state index is 11.4. The van der Waals surface area contributed by atoms with E-state index in [9.17, 15) is 14.9 Å². The van der Waals surface area contributed by atoms with E-state index < -0.39 is 4.92 Å². The molecule has 1 N–H and O–H groups in total. The molecule has 98 valence electrons. The van der Waals surface area contributed by atoms with Crippen molar-refractivity contribution in [3.8, 4) is 0 Å². The molecule has 0 saturated heterocycles. The molecule has 0 bridgehead atoms. The third-order valence-electron chi connectivity index (χ3n) is 1.79. The first-order valence-electron chi connectivity index (χ1n) is 5.14. The number of quaternary nitrogens is 1. The SMILES string of the molecule is C[N+](C)(C)CC(=O)NN=Cc1ccc([N+](=O)[O-])s1. The number of nitrogens with one attached hydrogen (secondary N) is 1. The number of likely N-dealkylation sites (N-methyl/N-ethyl adjacent to an activating group) is 1.